The first-order valence-corrected chi connectivity index (χ1v) is 9.72. The summed E-state index contributed by atoms with van der Waals surface area (Å²) in [5, 5.41) is 9.11. The Labute approximate surface area is 122 Å². The monoisotopic (exact) mass is 326 g/mol. The van der Waals surface area contributed by atoms with Crippen molar-refractivity contribution in [1.82, 2.24) is 9.03 Å². The second-order valence-corrected chi connectivity index (χ2v) is 8.26. The van der Waals surface area contributed by atoms with Gasteiger partial charge in [0.15, 0.2) is 0 Å². The van der Waals surface area contributed by atoms with Crippen LogP contribution in [0.4, 0.5) is 0 Å². The SMILES string of the molecule is CC(CCS(C)=O)NS(=O)(=O)N1CCCCC1C(=O)O. The number of rotatable bonds is 7. The van der Waals surface area contributed by atoms with E-state index in [1.54, 1.807) is 13.2 Å². The summed E-state index contributed by atoms with van der Waals surface area (Å²) in [4.78, 5) is 11.1. The average Bonchev–Trinajstić information content (AvgIpc) is 2.36. The Hall–Kier alpha value is -0.510. The van der Waals surface area contributed by atoms with Gasteiger partial charge < -0.3 is 5.11 Å². The lowest BCUT2D eigenvalue weighted by Gasteiger charge is -2.32. The van der Waals surface area contributed by atoms with Crippen molar-refractivity contribution >= 4 is 27.0 Å². The van der Waals surface area contributed by atoms with Gasteiger partial charge in [0.1, 0.15) is 6.04 Å². The van der Waals surface area contributed by atoms with E-state index in [-0.39, 0.29) is 12.6 Å². The average molecular weight is 326 g/mol. The first-order valence-electron chi connectivity index (χ1n) is 6.56. The number of nitrogens with one attached hydrogen (secondary N) is 1. The van der Waals surface area contributed by atoms with Gasteiger partial charge in [0.05, 0.1) is 0 Å². The molecule has 0 aliphatic carbocycles. The van der Waals surface area contributed by atoms with Crippen LogP contribution in [-0.2, 0) is 25.8 Å². The van der Waals surface area contributed by atoms with Crippen LogP contribution in [0.25, 0.3) is 0 Å². The molecular formula is C11H22N2O5S2. The summed E-state index contributed by atoms with van der Waals surface area (Å²) in [6, 6.07) is -1.37. The van der Waals surface area contributed by atoms with Gasteiger partial charge in [0, 0.05) is 35.4 Å². The Kier molecular flexibility index (Phi) is 6.56. The van der Waals surface area contributed by atoms with E-state index in [0.29, 0.717) is 31.4 Å². The fourth-order valence-electron chi connectivity index (χ4n) is 2.16. The molecule has 1 saturated heterocycles. The minimum atomic E-state index is -3.82. The van der Waals surface area contributed by atoms with Crippen molar-refractivity contribution in [3.8, 4) is 0 Å². The summed E-state index contributed by atoms with van der Waals surface area (Å²) in [6.07, 6.45) is 3.73. The molecule has 0 saturated carbocycles. The molecule has 3 unspecified atom stereocenters. The van der Waals surface area contributed by atoms with Crippen molar-refractivity contribution in [2.24, 2.45) is 0 Å². The second-order valence-electron chi connectivity index (χ2n) is 5.05. The zero-order chi connectivity index (χ0) is 15.3. The third-order valence-electron chi connectivity index (χ3n) is 3.24. The van der Waals surface area contributed by atoms with Crippen molar-refractivity contribution in [3.63, 3.8) is 0 Å². The van der Waals surface area contributed by atoms with E-state index in [0.717, 1.165) is 4.31 Å². The number of hydrogen-bond donors (Lipinski definition) is 2. The van der Waals surface area contributed by atoms with E-state index in [4.69, 9.17) is 5.11 Å². The lowest BCUT2D eigenvalue weighted by molar-refractivity contribution is -0.142. The van der Waals surface area contributed by atoms with Crippen LogP contribution in [0.3, 0.4) is 0 Å². The number of carboxylic acids is 1. The predicted octanol–water partition coefficient (Wildman–Crippen LogP) is -0.0830. The molecule has 3 atom stereocenters. The molecule has 9 heteroatoms. The smallest absolute Gasteiger partial charge is 0.322 e. The molecule has 1 aliphatic rings. The lowest BCUT2D eigenvalue weighted by Crippen LogP contribution is -2.53. The minimum absolute atomic E-state index is 0.221. The molecule has 0 aromatic carbocycles. The highest BCUT2D eigenvalue weighted by molar-refractivity contribution is 7.87. The van der Waals surface area contributed by atoms with Gasteiger partial charge in [0.25, 0.3) is 10.2 Å². The van der Waals surface area contributed by atoms with Crippen molar-refractivity contribution in [1.29, 1.82) is 0 Å². The summed E-state index contributed by atoms with van der Waals surface area (Å²) >= 11 is 0. The number of aliphatic carboxylic acids is 1. The van der Waals surface area contributed by atoms with Crippen LogP contribution in [-0.4, -0.2) is 58.6 Å². The fraction of sp³-hybridized carbons (Fsp3) is 0.909. The standard InChI is InChI=1S/C11H22N2O5S2/c1-9(6-8-19(2)16)12-20(17,18)13-7-4-3-5-10(13)11(14)15/h9-10,12H,3-8H2,1-2H3,(H,14,15). The Morgan fingerprint density at radius 1 is 1.50 bits per heavy atom. The lowest BCUT2D eigenvalue weighted by atomic mass is 10.1. The van der Waals surface area contributed by atoms with Crippen molar-refractivity contribution in [2.45, 2.75) is 44.7 Å². The highest BCUT2D eigenvalue weighted by Gasteiger charge is 2.37. The summed E-state index contributed by atoms with van der Waals surface area (Å²) in [5.41, 5.74) is 0. The molecule has 2 N–H and O–H groups in total. The van der Waals surface area contributed by atoms with E-state index < -0.39 is 33.0 Å². The zero-order valence-electron chi connectivity index (χ0n) is 11.7. The Bertz CT molecular complexity index is 465. The molecule has 0 amide bonds. The first kappa shape index (κ1) is 17.5. The maximum absolute atomic E-state index is 12.2. The quantitative estimate of drug-likeness (QED) is 0.681. The fourth-order valence-corrected chi connectivity index (χ4v) is 4.51. The first-order chi connectivity index (χ1) is 9.24. The summed E-state index contributed by atoms with van der Waals surface area (Å²) in [5.74, 6) is -0.705. The van der Waals surface area contributed by atoms with Crippen LogP contribution in [0.1, 0.15) is 32.6 Å². The maximum atomic E-state index is 12.2. The Balaban J connectivity index is 2.70. The summed E-state index contributed by atoms with van der Waals surface area (Å²) in [6.45, 7) is 1.91. The molecule has 0 bridgehead atoms. The van der Waals surface area contributed by atoms with E-state index in [2.05, 4.69) is 4.72 Å². The third kappa shape index (κ3) is 5.12. The highest BCUT2D eigenvalue weighted by atomic mass is 32.2. The molecule has 0 aromatic heterocycles. The van der Waals surface area contributed by atoms with Crippen LogP contribution in [0.2, 0.25) is 0 Å². The van der Waals surface area contributed by atoms with Crippen molar-refractivity contribution in [3.05, 3.63) is 0 Å². The molecule has 1 heterocycles. The molecule has 118 valence electrons. The Morgan fingerprint density at radius 3 is 2.70 bits per heavy atom. The van der Waals surface area contributed by atoms with Gasteiger partial charge in [-0.15, -0.1) is 0 Å². The van der Waals surface area contributed by atoms with Crippen LogP contribution in [0, 0.1) is 0 Å². The van der Waals surface area contributed by atoms with Crippen molar-refractivity contribution < 1.29 is 22.5 Å². The van der Waals surface area contributed by atoms with Gasteiger partial charge in [-0.2, -0.15) is 17.4 Å². The molecule has 1 rings (SSSR count). The molecule has 0 spiro atoms. The topological polar surface area (TPSA) is 104 Å². The number of carboxylic acid groups (broad SMARTS) is 1. The summed E-state index contributed by atoms with van der Waals surface area (Å²) in [7, 11) is -4.80. The number of carbonyl (C=O) groups is 1. The van der Waals surface area contributed by atoms with E-state index in [1.807, 2.05) is 0 Å². The van der Waals surface area contributed by atoms with E-state index >= 15 is 0 Å². The number of piperidine rings is 1. The molecule has 20 heavy (non-hydrogen) atoms. The second kappa shape index (κ2) is 7.48. The highest BCUT2D eigenvalue weighted by Crippen LogP contribution is 2.20. The molecule has 1 fully saturated rings. The zero-order valence-corrected chi connectivity index (χ0v) is 13.4. The molecule has 1 aliphatic heterocycles. The minimum Gasteiger partial charge on any atom is -0.480 e. The molecule has 7 nitrogen and oxygen atoms in total. The third-order valence-corrected chi connectivity index (χ3v) is 5.80. The molecule has 0 radical (unpaired) electrons. The van der Waals surface area contributed by atoms with Crippen LogP contribution in [0.5, 0.6) is 0 Å². The largest absolute Gasteiger partial charge is 0.480 e. The van der Waals surface area contributed by atoms with Gasteiger partial charge in [0.2, 0.25) is 0 Å². The van der Waals surface area contributed by atoms with Crippen LogP contribution in [0.15, 0.2) is 0 Å². The van der Waals surface area contributed by atoms with Gasteiger partial charge in [-0.05, 0) is 32.6 Å². The van der Waals surface area contributed by atoms with Crippen LogP contribution < -0.4 is 4.72 Å². The number of nitrogens with zero attached hydrogens (tertiary/aromatic N) is 1. The predicted molar refractivity (Wildman–Crippen MR) is 77.0 cm³/mol. The maximum Gasteiger partial charge on any atom is 0.322 e. The number of hydrogen-bond acceptors (Lipinski definition) is 4. The molecule has 0 aromatic rings. The molecular weight excluding hydrogens is 304 g/mol. The van der Waals surface area contributed by atoms with E-state index in [9.17, 15) is 17.4 Å². The van der Waals surface area contributed by atoms with Crippen LogP contribution >= 0.6 is 0 Å². The van der Waals surface area contributed by atoms with Gasteiger partial charge in [-0.3, -0.25) is 9.00 Å². The summed E-state index contributed by atoms with van der Waals surface area (Å²) < 4.78 is 39.0. The normalized spacial score (nSPS) is 24.2. The Morgan fingerprint density at radius 2 is 2.15 bits per heavy atom. The van der Waals surface area contributed by atoms with Gasteiger partial charge in [-0.1, -0.05) is 0 Å². The van der Waals surface area contributed by atoms with E-state index in [1.165, 1.54) is 0 Å². The van der Waals surface area contributed by atoms with Crippen molar-refractivity contribution in [2.75, 3.05) is 18.6 Å². The van der Waals surface area contributed by atoms with Gasteiger partial charge in [-0.25, -0.2) is 0 Å². The van der Waals surface area contributed by atoms with Gasteiger partial charge >= 0.3 is 5.97 Å².